The number of nitrogens with one attached hydrogen (secondary N) is 1. The van der Waals surface area contributed by atoms with E-state index < -0.39 is 29.2 Å². The highest BCUT2D eigenvalue weighted by molar-refractivity contribution is 5.94. The second-order valence-corrected chi connectivity index (χ2v) is 5.91. The van der Waals surface area contributed by atoms with Crippen LogP contribution in [0.1, 0.15) is 13.3 Å². The van der Waals surface area contributed by atoms with E-state index >= 15 is 0 Å². The van der Waals surface area contributed by atoms with Gasteiger partial charge in [0.2, 0.25) is 5.88 Å². The highest BCUT2D eigenvalue weighted by Gasteiger charge is 2.20. The molecule has 3 rings (SSSR count). The van der Waals surface area contributed by atoms with Crippen LogP contribution in [0.25, 0.3) is 5.69 Å². The molecule has 0 aliphatic heterocycles. The van der Waals surface area contributed by atoms with E-state index in [1.807, 2.05) is 0 Å². The fraction of sp³-hybridized carbons (Fsp3) is 0.150. The van der Waals surface area contributed by atoms with Crippen LogP contribution in [0.3, 0.4) is 0 Å². The van der Waals surface area contributed by atoms with Crippen LogP contribution in [0.5, 0.6) is 5.88 Å². The molecule has 6 nitrogen and oxygen atoms in total. The van der Waals surface area contributed by atoms with E-state index in [9.17, 15) is 18.4 Å². The van der Waals surface area contributed by atoms with Crippen LogP contribution < -0.4 is 15.6 Å². The van der Waals surface area contributed by atoms with Crippen LogP contribution in [0.2, 0.25) is 0 Å². The molecular formula is C20H17F2N3O3. The van der Waals surface area contributed by atoms with Crippen LogP contribution in [0.15, 0.2) is 65.5 Å². The zero-order chi connectivity index (χ0) is 20.1. The third-order valence-corrected chi connectivity index (χ3v) is 3.88. The molecule has 1 heterocycles. The molecule has 1 amide bonds. The van der Waals surface area contributed by atoms with Gasteiger partial charge < -0.3 is 10.1 Å². The molecule has 0 aliphatic carbocycles. The normalized spacial score (nSPS) is 11.7. The Morgan fingerprint density at radius 3 is 2.25 bits per heavy atom. The number of hydrogen-bond acceptors (Lipinski definition) is 4. The number of nitrogens with zero attached hydrogens (tertiary/aromatic N) is 2. The van der Waals surface area contributed by atoms with Crippen molar-refractivity contribution in [3.63, 3.8) is 0 Å². The summed E-state index contributed by atoms with van der Waals surface area (Å²) in [6.45, 7) is 1.75. The Kier molecular flexibility index (Phi) is 5.78. The summed E-state index contributed by atoms with van der Waals surface area (Å²) in [6, 6.07) is 13.2. The summed E-state index contributed by atoms with van der Waals surface area (Å²) in [4.78, 5) is 24.5. The first-order valence-electron chi connectivity index (χ1n) is 8.55. The summed E-state index contributed by atoms with van der Waals surface area (Å²) < 4.78 is 32.8. The van der Waals surface area contributed by atoms with Crippen LogP contribution >= 0.6 is 0 Å². The number of amides is 1. The van der Waals surface area contributed by atoms with Crippen molar-refractivity contribution >= 4 is 11.6 Å². The molecule has 0 unspecified atom stereocenters. The van der Waals surface area contributed by atoms with Crippen molar-refractivity contribution in [2.45, 2.75) is 19.4 Å². The first kappa shape index (κ1) is 19.2. The molecule has 0 radical (unpaired) electrons. The maximum absolute atomic E-state index is 13.1. The summed E-state index contributed by atoms with van der Waals surface area (Å²) in [6.07, 6.45) is -0.540. The van der Waals surface area contributed by atoms with Crippen LogP contribution in [-0.4, -0.2) is 21.8 Å². The Balaban J connectivity index is 1.78. The molecule has 0 saturated heterocycles. The van der Waals surface area contributed by atoms with E-state index in [0.29, 0.717) is 17.8 Å². The fourth-order valence-corrected chi connectivity index (χ4v) is 2.45. The van der Waals surface area contributed by atoms with Gasteiger partial charge in [-0.3, -0.25) is 9.59 Å². The number of benzene rings is 2. The van der Waals surface area contributed by atoms with Crippen LogP contribution in [-0.2, 0) is 4.79 Å². The first-order chi connectivity index (χ1) is 13.5. The van der Waals surface area contributed by atoms with Crippen molar-refractivity contribution in [3.05, 3.63) is 82.7 Å². The van der Waals surface area contributed by atoms with Crippen molar-refractivity contribution in [2.75, 3.05) is 5.32 Å². The molecule has 0 bridgehead atoms. The standard InChI is InChI=1S/C20H17F2N3O3/c1-2-17(20(27)23-15-7-3-13(21)4-8-15)28-18-11-12-19(26)25(24-18)16-9-5-14(22)6-10-16/h3-12,17H,2H2,1H3,(H,23,27)/t17-/m0/s1. The van der Waals surface area contributed by atoms with Gasteiger partial charge in [-0.15, -0.1) is 5.10 Å². The van der Waals surface area contributed by atoms with E-state index in [1.54, 1.807) is 6.92 Å². The zero-order valence-corrected chi connectivity index (χ0v) is 14.9. The Bertz CT molecular complexity index is 1020. The van der Waals surface area contributed by atoms with E-state index in [0.717, 1.165) is 4.68 Å². The van der Waals surface area contributed by atoms with E-state index in [1.165, 1.54) is 60.7 Å². The van der Waals surface area contributed by atoms with Crippen molar-refractivity contribution < 1.29 is 18.3 Å². The maximum atomic E-state index is 13.1. The monoisotopic (exact) mass is 385 g/mol. The Morgan fingerprint density at radius 2 is 1.64 bits per heavy atom. The van der Waals surface area contributed by atoms with E-state index in [-0.39, 0.29) is 5.88 Å². The number of ether oxygens (including phenoxy) is 1. The minimum atomic E-state index is -0.878. The van der Waals surface area contributed by atoms with Crippen molar-refractivity contribution in [1.82, 2.24) is 9.78 Å². The Labute approximate surface area is 159 Å². The molecule has 0 fully saturated rings. The molecule has 144 valence electrons. The quantitative estimate of drug-likeness (QED) is 0.707. The molecule has 3 aromatic rings. The van der Waals surface area contributed by atoms with Crippen molar-refractivity contribution in [1.29, 1.82) is 0 Å². The van der Waals surface area contributed by atoms with Crippen LogP contribution in [0.4, 0.5) is 14.5 Å². The number of carbonyl (C=O) groups excluding carboxylic acids is 1. The molecule has 0 aliphatic rings. The van der Waals surface area contributed by atoms with Gasteiger partial charge >= 0.3 is 0 Å². The number of aromatic nitrogens is 2. The molecule has 2 aromatic carbocycles. The number of halogens is 2. The molecule has 1 atom stereocenters. The number of carbonyl (C=O) groups is 1. The fourth-order valence-electron chi connectivity index (χ4n) is 2.45. The lowest BCUT2D eigenvalue weighted by molar-refractivity contribution is -0.123. The van der Waals surface area contributed by atoms with E-state index in [4.69, 9.17) is 4.74 Å². The van der Waals surface area contributed by atoms with Gasteiger partial charge in [0.25, 0.3) is 11.5 Å². The molecule has 1 N–H and O–H groups in total. The van der Waals surface area contributed by atoms with Crippen LogP contribution in [0, 0.1) is 11.6 Å². The Morgan fingerprint density at radius 1 is 1.04 bits per heavy atom. The topological polar surface area (TPSA) is 73.2 Å². The summed E-state index contributed by atoms with van der Waals surface area (Å²) in [5, 5.41) is 6.73. The highest BCUT2D eigenvalue weighted by Crippen LogP contribution is 2.14. The van der Waals surface area contributed by atoms with Gasteiger partial charge in [0, 0.05) is 17.8 Å². The third-order valence-electron chi connectivity index (χ3n) is 3.88. The predicted molar refractivity (Wildman–Crippen MR) is 99.5 cm³/mol. The van der Waals surface area contributed by atoms with Gasteiger partial charge in [-0.2, -0.15) is 4.68 Å². The molecule has 1 aromatic heterocycles. The lowest BCUT2D eigenvalue weighted by Crippen LogP contribution is -2.33. The van der Waals surface area contributed by atoms with E-state index in [2.05, 4.69) is 10.4 Å². The summed E-state index contributed by atoms with van der Waals surface area (Å²) in [5.74, 6) is -1.22. The average Bonchev–Trinajstić information content (AvgIpc) is 2.69. The molecule has 0 saturated carbocycles. The average molecular weight is 385 g/mol. The first-order valence-corrected chi connectivity index (χ1v) is 8.55. The second-order valence-electron chi connectivity index (χ2n) is 5.91. The molecular weight excluding hydrogens is 368 g/mol. The second kappa shape index (κ2) is 8.43. The molecule has 28 heavy (non-hydrogen) atoms. The van der Waals surface area contributed by atoms with Crippen molar-refractivity contribution in [2.24, 2.45) is 0 Å². The number of hydrogen-bond donors (Lipinski definition) is 1. The highest BCUT2D eigenvalue weighted by atomic mass is 19.1. The largest absolute Gasteiger partial charge is 0.463 e. The lowest BCUT2D eigenvalue weighted by Gasteiger charge is -2.17. The van der Waals surface area contributed by atoms with Gasteiger partial charge in [-0.05, 0) is 55.0 Å². The van der Waals surface area contributed by atoms with Gasteiger partial charge in [-0.25, -0.2) is 8.78 Å². The van der Waals surface area contributed by atoms with Crippen molar-refractivity contribution in [3.8, 4) is 11.6 Å². The smallest absolute Gasteiger partial charge is 0.271 e. The van der Waals surface area contributed by atoms with Gasteiger partial charge in [0.1, 0.15) is 11.6 Å². The zero-order valence-electron chi connectivity index (χ0n) is 14.9. The maximum Gasteiger partial charge on any atom is 0.271 e. The SMILES string of the molecule is CC[C@H](Oc1ccc(=O)n(-c2ccc(F)cc2)n1)C(=O)Nc1ccc(F)cc1. The molecule has 8 heteroatoms. The van der Waals surface area contributed by atoms with Gasteiger partial charge in [0.05, 0.1) is 5.69 Å². The number of anilines is 1. The lowest BCUT2D eigenvalue weighted by atomic mass is 10.2. The Hall–Kier alpha value is -3.55. The minimum absolute atomic E-state index is 0.0602. The van der Waals surface area contributed by atoms with Gasteiger partial charge in [0.15, 0.2) is 6.10 Å². The summed E-state index contributed by atoms with van der Waals surface area (Å²) in [7, 11) is 0. The minimum Gasteiger partial charge on any atom is -0.463 e. The predicted octanol–water partition coefficient (Wildman–Crippen LogP) is 3.31. The molecule has 0 spiro atoms. The third kappa shape index (κ3) is 4.59. The van der Waals surface area contributed by atoms with Gasteiger partial charge in [-0.1, -0.05) is 6.92 Å². The number of rotatable bonds is 6. The summed E-state index contributed by atoms with van der Waals surface area (Å²) in [5.41, 5.74) is 0.362. The summed E-state index contributed by atoms with van der Waals surface area (Å²) >= 11 is 0.